The van der Waals surface area contributed by atoms with Crippen LogP contribution in [0.15, 0.2) is 24.3 Å². The second kappa shape index (κ2) is 6.39. The zero-order chi connectivity index (χ0) is 12.1. The summed E-state index contributed by atoms with van der Waals surface area (Å²) in [6.45, 7) is 4.96. The lowest BCUT2D eigenvalue weighted by atomic mass is 9.99. The highest BCUT2D eigenvalue weighted by Gasteiger charge is 2.25. The molecule has 0 amide bonds. The van der Waals surface area contributed by atoms with Crippen molar-refractivity contribution in [3.63, 3.8) is 0 Å². The molecule has 0 aromatic heterocycles. The smallest absolute Gasteiger partial charge is 0.0613 e. The fraction of sp³-hybridized carbons (Fsp3) is 0.571. The van der Waals surface area contributed by atoms with Crippen molar-refractivity contribution in [2.24, 2.45) is 5.92 Å². The molecule has 0 radical (unpaired) electrons. The topological polar surface area (TPSA) is 21.3 Å². The Balaban J connectivity index is 1.78. The van der Waals surface area contributed by atoms with Gasteiger partial charge in [0.15, 0.2) is 0 Å². The van der Waals surface area contributed by atoms with Crippen LogP contribution < -0.4 is 5.32 Å². The van der Waals surface area contributed by atoms with Crippen LogP contribution in [0.4, 0.5) is 0 Å². The second-order valence-electron chi connectivity index (χ2n) is 4.59. The molecule has 2 atom stereocenters. The summed E-state index contributed by atoms with van der Waals surface area (Å²) >= 11 is 6.11. The van der Waals surface area contributed by atoms with E-state index in [2.05, 4.69) is 18.3 Å². The predicted octanol–water partition coefficient (Wildman–Crippen LogP) is 3.24. The molecule has 1 aromatic rings. The van der Waals surface area contributed by atoms with E-state index in [1.807, 2.05) is 18.2 Å². The first kappa shape index (κ1) is 12.9. The van der Waals surface area contributed by atoms with E-state index in [0.29, 0.717) is 12.0 Å². The third kappa shape index (κ3) is 3.44. The maximum Gasteiger partial charge on any atom is 0.0613 e. The van der Waals surface area contributed by atoms with Gasteiger partial charge in [-0.05, 0) is 30.4 Å². The summed E-state index contributed by atoms with van der Waals surface area (Å²) in [4.78, 5) is 0. The summed E-state index contributed by atoms with van der Waals surface area (Å²) in [5, 5.41) is 4.33. The van der Waals surface area contributed by atoms with Gasteiger partial charge in [0.1, 0.15) is 0 Å². The minimum Gasteiger partial charge on any atom is -0.378 e. The van der Waals surface area contributed by atoms with E-state index < -0.39 is 0 Å². The number of halogens is 1. The van der Waals surface area contributed by atoms with Crippen LogP contribution in [0.25, 0.3) is 0 Å². The molecule has 1 saturated heterocycles. The summed E-state index contributed by atoms with van der Waals surface area (Å²) in [5.41, 5.74) is 1.17. The summed E-state index contributed by atoms with van der Waals surface area (Å²) < 4.78 is 5.68. The van der Waals surface area contributed by atoms with Gasteiger partial charge in [-0.1, -0.05) is 36.7 Å². The molecular formula is C14H20ClNO. The van der Waals surface area contributed by atoms with Crippen LogP contribution in [0.5, 0.6) is 0 Å². The first-order valence-electron chi connectivity index (χ1n) is 6.37. The summed E-state index contributed by atoms with van der Waals surface area (Å²) in [6.07, 6.45) is 2.72. The van der Waals surface area contributed by atoms with Gasteiger partial charge in [0.05, 0.1) is 6.10 Å². The highest BCUT2D eigenvalue weighted by atomic mass is 35.5. The van der Waals surface area contributed by atoms with E-state index in [1.165, 1.54) is 12.0 Å². The third-order valence-corrected chi connectivity index (χ3v) is 3.80. The average Bonchev–Trinajstić information content (AvgIpc) is 2.79. The Hall–Kier alpha value is -0.570. The summed E-state index contributed by atoms with van der Waals surface area (Å²) in [5.74, 6) is 0.655. The van der Waals surface area contributed by atoms with Crippen molar-refractivity contribution in [2.75, 3.05) is 13.2 Å². The molecule has 0 saturated carbocycles. The monoisotopic (exact) mass is 253 g/mol. The standard InChI is InChI=1S/C14H20ClNO/c1-2-14-12(7-8-17-14)10-16-9-11-5-3-4-6-13(11)15/h3-6,12,14,16H,2,7-10H2,1H3. The number of benzene rings is 1. The van der Waals surface area contributed by atoms with Crippen LogP contribution in [-0.2, 0) is 11.3 Å². The minimum atomic E-state index is 0.439. The number of ether oxygens (including phenoxy) is 1. The number of nitrogens with one attached hydrogen (secondary N) is 1. The molecule has 1 aliphatic rings. The number of rotatable bonds is 5. The molecule has 2 unspecified atom stereocenters. The van der Waals surface area contributed by atoms with E-state index in [0.717, 1.165) is 31.1 Å². The first-order chi connectivity index (χ1) is 8.31. The van der Waals surface area contributed by atoms with Crippen LogP contribution >= 0.6 is 11.6 Å². The molecule has 1 heterocycles. The minimum absolute atomic E-state index is 0.439. The Morgan fingerprint density at radius 2 is 2.24 bits per heavy atom. The summed E-state index contributed by atoms with van der Waals surface area (Å²) in [7, 11) is 0. The largest absolute Gasteiger partial charge is 0.378 e. The fourth-order valence-electron chi connectivity index (χ4n) is 2.41. The van der Waals surface area contributed by atoms with Crippen molar-refractivity contribution in [3.05, 3.63) is 34.9 Å². The fourth-order valence-corrected chi connectivity index (χ4v) is 2.61. The van der Waals surface area contributed by atoms with Gasteiger partial charge in [-0.3, -0.25) is 0 Å². The van der Waals surface area contributed by atoms with Crippen molar-refractivity contribution >= 4 is 11.6 Å². The van der Waals surface area contributed by atoms with Gasteiger partial charge in [-0.2, -0.15) is 0 Å². The van der Waals surface area contributed by atoms with E-state index in [-0.39, 0.29) is 0 Å². The Kier molecular flexibility index (Phi) is 4.84. The lowest BCUT2D eigenvalue weighted by Gasteiger charge is -2.17. The van der Waals surface area contributed by atoms with E-state index in [9.17, 15) is 0 Å². The van der Waals surface area contributed by atoms with Gasteiger partial charge in [0, 0.05) is 24.7 Å². The average molecular weight is 254 g/mol. The highest BCUT2D eigenvalue weighted by Crippen LogP contribution is 2.22. The zero-order valence-electron chi connectivity index (χ0n) is 10.3. The van der Waals surface area contributed by atoms with Gasteiger partial charge in [0.25, 0.3) is 0 Å². The molecule has 17 heavy (non-hydrogen) atoms. The van der Waals surface area contributed by atoms with Gasteiger partial charge < -0.3 is 10.1 Å². The summed E-state index contributed by atoms with van der Waals surface area (Å²) in [6, 6.07) is 7.99. The molecule has 0 bridgehead atoms. The molecule has 1 N–H and O–H groups in total. The lowest BCUT2D eigenvalue weighted by molar-refractivity contribution is 0.0872. The SMILES string of the molecule is CCC1OCCC1CNCc1ccccc1Cl. The van der Waals surface area contributed by atoms with Crippen molar-refractivity contribution in [2.45, 2.75) is 32.4 Å². The quantitative estimate of drug-likeness (QED) is 0.870. The molecule has 1 aliphatic heterocycles. The van der Waals surface area contributed by atoms with E-state index in [4.69, 9.17) is 16.3 Å². The molecule has 2 rings (SSSR count). The maximum absolute atomic E-state index is 6.11. The van der Waals surface area contributed by atoms with Gasteiger partial charge >= 0.3 is 0 Å². The predicted molar refractivity (Wildman–Crippen MR) is 71.3 cm³/mol. The molecule has 1 aromatic carbocycles. The molecule has 3 heteroatoms. The number of hydrogen-bond acceptors (Lipinski definition) is 2. The molecule has 0 aliphatic carbocycles. The van der Waals surface area contributed by atoms with Gasteiger partial charge in [0.2, 0.25) is 0 Å². The molecular weight excluding hydrogens is 234 g/mol. The van der Waals surface area contributed by atoms with Crippen molar-refractivity contribution in [1.29, 1.82) is 0 Å². The van der Waals surface area contributed by atoms with Crippen molar-refractivity contribution < 1.29 is 4.74 Å². The van der Waals surface area contributed by atoms with Crippen LogP contribution in [0.1, 0.15) is 25.3 Å². The maximum atomic E-state index is 6.11. The van der Waals surface area contributed by atoms with Crippen molar-refractivity contribution in [1.82, 2.24) is 5.32 Å². The molecule has 0 spiro atoms. The molecule has 94 valence electrons. The van der Waals surface area contributed by atoms with Crippen LogP contribution in [0.2, 0.25) is 5.02 Å². The van der Waals surface area contributed by atoms with Crippen LogP contribution in [0, 0.1) is 5.92 Å². The zero-order valence-corrected chi connectivity index (χ0v) is 11.0. The van der Waals surface area contributed by atoms with Gasteiger partial charge in [-0.15, -0.1) is 0 Å². The van der Waals surface area contributed by atoms with Gasteiger partial charge in [-0.25, -0.2) is 0 Å². The van der Waals surface area contributed by atoms with Crippen molar-refractivity contribution in [3.8, 4) is 0 Å². The Morgan fingerprint density at radius 3 is 3.00 bits per heavy atom. The van der Waals surface area contributed by atoms with E-state index in [1.54, 1.807) is 0 Å². The van der Waals surface area contributed by atoms with E-state index >= 15 is 0 Å². The molecule has 1 fully saturated rings. The Morgan fingerprint density at radius 1 is 1.41 bits per heavy atom. The Labute approximate surface area is 108 Å². The van der Waals surface area contributed by atoms with Crippen LogP contribution in [0.3, 0.4) is 0 Å². The normalized spacial score (nSPS) is 24.1. The van der Waals surface area contributed by atoms with Crippen LogP contribution in [-0.4, -0.2) is 19.3 Å². The second-order valence-corrected chi connectivity index (χ2v) is 5.00. The highest BCUT2D eigenvalue weighted by molar-refractivity contribution is 6.31. The number of hydrogen-bond donors (Lipinski definition) is 1. The Bertz CT molecular complexity index is 356. The molecule has 2 nitrogen and oxygen atoms in total. The first-order valence-corrected chi connectivity index (χ1v) is 6.74. The third-order valence-electron chi connectivity index (χ3n) is 3.43. The lowest BCUT2D eigenvalue weighted by Crippen LogP contribution is -2.28.